The van der Waals surface area contributed by atoms with Crippen molar-refractivity contribution in [3.63, 3.8) is 0 Å². The average Bonchev–Trinajstić information content (AvgIpc) is 3.97. The first-order valence-corrected chi connectivity index (χ1v) is 20.5. The topological polar surface area (TPSA) is 188 Å². The number of esters is 1. The summed E-state index contributed by atoms with van der Waals surface area (Å²) in [6.07, 6.45) is 8.11. The standard InChI is InChI=1S/C44H59N5O9/c1-6-30-26(2)35-23-39-33(25-45)28(4)34(47-39)22-36-27(3)31(43(48-36)32-21-40(51)42-29(5)37(49-44(32)42)24-38(30)46-35)7-8-41(52)58-20-19-57-18-17-56-16-15-55-14-13-54-12-11-53-10-9-50/h22-24,27,31,48,50-51H,6-21,25,45H2,1-5H3/t27-,31-/m0/s1. The van der Waals surface area contributed by atoms with Gasteiger partial charge < -0.3 is 49.7 Å². The summed E-state index contributed by atoms with van der Waals surface area (Å²) in [4.78, 5) is 28.3. The second-order valence-electron chi connectivity index (χ2n) is 14.8. The monoisotopic (exact) mass is 801 g/mol. The first-order valence-electron chi connectivity index (χ1n) is 20.5. The molecule has 5 N–H and O–H groups in total. The molecular weight excluding hydrogens is 743 g/mol. The molecule has 0 unspecified atom stereocenters. The lowest BCUT2D eigenvalue weighted by molar-refractivity contribution is -0.145. The summed E-state index contributed by atoms with van der Waals surface area (Å²) in [5.41, 5.74) is 20.1. The highest BCUT2D eigenvalue weighted by Gasteiger charge is 2.41. The second kappa shape index (κ2) is 20.6. The first-order chi connectivity index (χ1) is 28.2. The molecule has 0 aromatic rings. The highest BCUT2D eigenvalue weighted by atomic mass is 16.6. The largest absolute Gasteiger partial charge is 0.511 e. The molecule has 6 rings (SSSR count). The van der Waals surface area contributed by atoms with Crippen LogP contribution in [0.1, 0.15) is 60.3 Å². The number of aliphatic imine (C=N–C) groups is 3. The van der Waals surface area contributed by atoms with Crippen LogP contribution < -0.4 is 11.1 Å². The van der Waals surface area contributed by atoms with Gasteiger partial charge in [-0.1, -0.05) is 13.8 Å². The van der Waals surface area contributed by atoms with Gasteiger partial charge in [-0.2, -0.15) is 0 Å². The Labute approximate surface area is 341 Å². The zero-order chi connectivity index (χ0) is 41.2. The van der Waals surface area contributed by atoms with E-state index < -0.39 is 0 Å². The lowest BCUT2D eigenvalue weighted by atomic mass is 9.86. The number of fused-ring (bicyclic) bond motifs is 5. The lowest BCUT2D eigenvalue weighted by Crippen LogP contribution is -2.17. The van der Waals surface area contributed by atoms with Crippen LogP contribution in [0, 0.1) is 11.8 Å². The highest BCUT2D eigenvalue weighted by Crippen LogP contribution is 2.46. The van der Waals surface area contributed by atoms with Crippen molar-refractivity contribution < 1.29 is 43.4 Å². The number of aliphatic hydroxyl groups excluding tert-OH is 2. The number of carbonyl (C=O) groups excluding carboxylic acids is 1. The number of nitrogens with one attached hydrogen (secondary N) is 1. The molecule has 58 heavy (non-hydrogen) atoms. The Kier molecular flexibility index (Phi) is 15.4. The van der Waals surface area contributed by atoms with Crippen LogP contribution >= 0.6 is 0 Å². The molecule has 1 saturated heterocycles. The van der Waals surface area contributed by atoms with Crippen molar-refractivity contribution in [2.45, 2.75) is 60.3 Å². The number of ether oxygens (including phenoxy) is 6. The minimum Gasteiger partial charge on any atom is -0.511 e. The van der Waals surface area contributed by atoms with Gasteiger partial charge in [0.15, 0.2) is 0 Å². The van der Waals surface area contributed by atoms with E-state index in [0.29, 0.717) is 84.6 Å². The molecule has 0 amide bonds. The summed E-state index contributed by atoms with van der Waals surface area (Å²) in [7, 11) is 0. The summed E-state index contributed by atoms with van der Waals surface area (Å²) in [5.74, 6) is -0.0368. The van der Waals surface area contributed by atoms with Gasteiger partial charge in [0.2, 0.25) is 0 Å². The zero-order valence-electron chi connectivity index (χ0n) is 34.6. The molecule has 314 valence electrons. The molecule has 5 aliphatic heterocycles. The number of nitrogens with two attached hydrogens (primary N) is 1. The molecule has 14 heteroatoms. The van der Waals surface area contributed by atoms with Gasteiger partial charge >= 0.3 is 5.97 Å². The van der Waals surface area contributed by atoms with E-state index in [9.17, 15) is 9.90 Å². The van der Waals surface area contributed by atoms with Crippen molar-refractivity contribution in [1.29, 1.82) is 0 Å². The number of hydrogen-bond donors (Lipinski definition) is 4. The molecule has 2 atom stereocenters. The molecule has 5 heterocycles. The maximum absolute atomic E-state index is 13.0. The second-order valence-corrected chi connectivity index (χ2v) is 14.8. The molecular formula is C44H59N5O9. The fourth-order valence-electron chi connectivity index (χ4n) is 8.02. The van der Waals surface area contributed by atoms with Crippen molar-refractivity contribution in [1.82, 2.24) is 5.32 Å². The maximum Gasteiger partial charge on any atom is 0.305 e. The highest BCUT2D eigenvalue weighted by molar-refractivity contribution is 6.21. The molecule has 1 fully saturated rings. The molecule has 1 aliphatic carbocycles. The predicted octanol–water partition coefficient (Wildman–Crippen LogP) is 5.02. The Morgan fingerprint density at radius 2 is 1.36 bits per heavy atom. The number of allylic oxidation sites excluding steroid dienone is 11. The minimum atomic E-state index is -0.295. The van der Waals surface area contributed by atoms with Gasteiger partial charge in [-0.05, 0) is 79.7 Å². The van der Waals surface area contributed by atoms with Crippen LogP contribution in [0.4, 0.5) is 0 Å². The van der Waals surface area contributed by atoms with Crippen LogP contribution in [0.3, 0.4) is 0 Å². The van der Waals surface area contributed by atoms with Crippen LogP contribution in [-0.4, -0.2) is 119 Å². The smallest absolute Gasteiger partial charge is 0.305 e. The third kappa shape index (κ3) is 9.94. The lowest BCUT2D eigenvalue weighted by Gasteiger charge is -2.17. The number of hydrogen-bond acceptors (Lipinski definition) is 14. The summed E-state index contributed by atoms with van der Waals surface area (Å²) < 4.78 is 32.7. The molecule has 6 aliphatic rings. The van der Waals surface area contributed by atoms with Crippen LogP contribution in [-0.2, 0) is 33.2 Å². The van der Waals surface area contributed by atoms with Crippen LogP contribution in [0.5, 0.6) is 0 Å². The fraction of sp³-hybridized carbons (Fsp3) is 0.545. The van der Waals surface area contributed by atoms with E-state index in [1.807, 2.05) is 19.1 Å². The maximum atomic E-state index is 13.0. The van der Waals surface area contributed by atoms with Crippen molar-refractivity contribution in [3.05, 3.63) is 91.5 Å². The predicted molar refractivity (Wildman–Crippen MR) is 222 cm³/mol. The van der Waals surface area contributed by atoms with Gasteiger partial charge in [0.25, 0.3) is 0 Å². The van der Waals surface area contributed by atoms with E-state index in [1.54, 1.807) is 0 Å². The van der Waals surface area contributed by atoms with Crippen molar-refractivity contribution in [2.75, 3.05) is 85.8 Å². The molecule has 0 spiro atoms. The van der Waals surface area contributed by atoms with Gasteiger partial charge in [0, 0.05) is 53.8 Å². The summed E-state index contributed by atoms with van der Waals surface area (Å²) in [6, 6.07) is 0. The van der Waals surface area contributed by atoms with E-state index in [4.69, 9.17) is 54.2 Å². The Balaban J connectivity index is 1.06. The Hall–Kier alpha value is -4.28. The van der Waals surface area contributed by atoms with Crippen LogP contribution in [0.15, 0.2) is 106 Å². The fourth-order valence-corrected chi connectivity index (χ4v) is 8.02. The van der Waals surface area contributed by atoms with Gasteiger partial charge in [-0.15, -0.1) is 0 Å². The van der Waals surface area contributed by atoms with Crippen LogP contribution in [0.25, 0.3) is 0 Å². The van der Waals surface area contributed by atoms with Gasteiger partial charge in [-0.3, -0.25) is 4.79 Å². The Morgan fingerprint density at radius 3 is 1.97 bits per heavy atom. The minimum absolute atomic E-state index is 0.00449. The molecule has 0 radical (unpaired) electrons. The van der Waals surface area contributed by atoms with E-state index in [0.717, 1.165) is 91.1 Å². The molecule has 8 bridgehead atoms. The number of rotatable bonds is 22. The summed E-state index contributed by atoms with van der Waals surface area (Å²) >= 11 is 0. The molecule has 14 nitrogen and oxygen atoms in total. The Bertz CT molecular complexity index is 1960. The first kappa shape index (κ1) is 43.3. The summed E-state index contributed by atoms with van der Waals surface area (Å²) in [6.45, 7) is 15.0. The number of nitrogens with zero attached hydrogens (tertiary/aromatic N) is 3. The van der Waals surface area contributed by atoms with Crippen LogP contribution in [0.2, 0.25) is 0 Å². The van der Waals surface area contributed by atoms with Crippen molar-refractivity contribution >= 4 is 23.1 Å². The zero-order valence-corrected chi connectivity index (χ0v) is 34.6. The van der Waals surface area contributed by atoms with Crippen molar-refractivity contribution in [3.8, 4) is 0 Å². The Morgan fingerprint density at radius 1 is 0.793 bits per heavy atom. The molecule has 0 saturated carbocycles. The third-order valence-corrected chi connectivity index (χ3v) is 11.3. The van der Waals surface area contributed by atoms with Gasteiger partial charge in [-0.25, -0.2) is 15.0 Å². The van der Waals surface area contributed by atoms with Gasteiger partial charge in [0.05, 0.1) is 107 Å². The molecule has 0 aromatic carbocycles. The average molecular weight is 802 g/mol. The summed E-state index contributed by atoms with van der Waals surface area (Å²) in [5, 5.41) is 23.8. The van der Waals surface area contributed by atoms with Crippen molar-refractivity contribution in [2.24, 2.45) is 32.5 Å². The third-order valence-electron chi connectivity index (χ3n) is 11.3. The SMILES string of the molecule is CCC1=C(C)C2=NC1=CC1=C(C)C3=C(O)CC(=C4NC(=CC5=NC(=C2)C(CN)=C5C)[C@@H](C)[C@@H]4CCC(=O)OCCOCCOCCOCCOCCOCCO)C3=N1. The van der Waals surface area contributed by atoms with Gasteiger partial charge in [0.1, 0.15) is 12.4 Å². The normalized spacial score (nSPS) is 21.2. The quantitative estimate of drug-likeness (QED) is 0.0851. The van der Waals surface area contributed by atoms with E-state index in [-0.39, 0.29) is 44.0 Å². The van der Waals surface area contributed by atoms with E-state index >= 15 is 0 Å². The molecule has 0 aromatic heterocycles. The number of aliphatic hydroxyl groups is 2. The van der Waals surface area contributed by atoms with E-state index in [2.05, 4.69) is 39.1 Å². The number of carbonyl (C=O) groups is 1. The van der Waals surface area contributed by atoms with E-state index in [1.165, 1.54) is 0 Å².